The molecule has 3 aromatic rings. The van der Waals surface area contributed by atoms with Crippen LogP contribution in [0.3, 0.4) is 0 Å². The van der Waals surface area contributed by atoms with E-state index in [9.17, 15) is 14.0 Å². The van der Waals surface area contributed by atoms with Gasteiger partial charge in [0, 0.05) is 43.5 Å². The van der Waals surface area contributed by atoms with Gasteiger partial charge >= 0.3 is 0 Å². The summed E-state index contributed by atoms with van der Waals surface area (Å²) in [4.78, 5) is 25.8. The van der Waals surface area contributed by atoms with E-state index in [1.807, 2.05) is 26.0 Å². The smallest absolute Gasteiger partial charge is 0.251 e. The second-order valence-corrected chi connectivity index (χ2v) is 7.28. The predicted molar refractivity (Wildman–Crippen MR) is 118 cm³/mol. The van der Waals surface area contributed by atoms with Crippen LogP contribution in [-0.2, 0) is 11.3 Å². The van der Waals surface area contributed by atoms with E-state index in [-0.39, 0.29) is 17.6 Å². The van der Waals surface area contributed by atoms with E-state index in [1.54, 1.807) is 54.0 Å². The van der Waals surface area contributed by atoms with Crippen molar-refractivity contribution in [1.82, 2.24) is 20.0 Å². The van der Waals surface area contributed by atoms with Crippen LogP contribution in [0.15, 0.2) is 54.6 Å². The molecular weight excluding hydrogens is 395 g/mol. The number of rotatable bonds is 6. The zero-order valence-electron chi connectivity index (χ0n) is 18.0. The Hall–Kier alpha value is -3.74. The van der Waals surface area contributed by atoms with E-state index in [0.717, 1.165) is 28.2 Å². The molecule has 0 bridgehead atoms. The highest BCUT2D eigenvalue weighted by Crippen LogP contribution is 2.20. The molecular formula is C24H25FN4O2. The molecule has 1 N–H and O–H groups in total. The molecule has 0 unspecified atom stereocenters. The van der Waals surface area contributed by atoms with Crippen molar-refractivity contribution >= 4 is 17.9 Å². The van der Waals surface area contributed by atoms with Gasteiger partial charge in [-0.1, -0.05) is 12.1 Å². The Bertz CT molecular complexity index is 1120. The molecule has 31 heavy (non-hydrogen) atoms. The van der Waals surface area contributed by atoms with Crippen LogP contribution in [0.2, 0.25) is 0 Å². The third-order valence-corrected chi connectivity index (χ3v) is 5.05. The number of likely N-dealkylation sites (N-methyl/N-ethyl adjacent to an activating group) is 1. The molecule has 2 aromatic carbocycles. The van der Waals surface area contributed by atoms with Crippen LogP contribution < -0.4 is 5.32 Å². The number of aromatic nitrogens is 2. The number of hydrogen-bond donors (Lipinski definition) is 1. The SMILES string of the molecule is CNC(=O)c1ccc(CN(C)C(=O)/C=C/c2c(C)nn(-c3ccc(F)cc3)c2C)cc1. The number of nitrogens with zero attached hydrogens (tertiary/aromatic N) is 3. The highest BCUT2D eigenvalue weighted by atomic mass is 19.1. The summed E-state index contributed by atoms with van der Waals surface area (Å²) in [5.41, 5.74) is 4.74. The van der Waals surface area contributed by atoms with Crippen molar-refractivity contribution in [2.75, 3.05) is 14.1 Å². The maximum Gasteiger partial charge on any atom is 0.251 e. The van der Waals surface area contributed by atoms with E-state index in [0.29, 0.717) is 12.1 Å². The lowest BCUT2D eigenvalue weighted by atomic mass is 10.1. The summed E-state index contributed by atoms with van der Waals surface area (Å²) in [5.74, 6) is -0.600. The van der Waals surface area contributed by atoms with Crippen molar-refractivity contribution in [3.05, 3.63) is 88.5 Å². The first-order valence-electron chi connectivity index (χ1n) is 9.86. The third kappa shape index (κ3) is 5.06. The van der Waals surface area contributed by atoms with Gasteiger partial charge in [-0.05, 0) is 61.9 Å². The first kappa shape index (κ1) is 22.0. The van der Waals surface area contributed by atoms with E-state index in [2.05, 4.69) is 10.4 Å². The summed E-state index contributed by atoms with van der Waals surface area (Å²) in [6, 6.07) is 13.2. The molecule has 0 aliphatic heterocycles. The molecule has 0 fully saturated rings. The number of halogens is 1. The average Bonchev–Trinajstić information content (AvgIpc) is 3.05. The quantitative estimate of drug-likeness (QED) is 0.619. The van der Waals surface area contributed by atoms with Gasteiger partial charge in [-0.3, -0.25) is 9.59 Å². The molecule has 6 nitrogen and oxygen atoms in total. The van der Waals surface area contributed by atoms with Crippen LogP contribution >= 0.6 is 0 Å². The number of nitrogens with one attached hydrogen (secondary N) is 1. The molecule has 160 valence electrons. The van der Waals surface area contributed by atoms with Gasteiger partial charge in [0.25, 0.3) is 5.91 Å². The van der Waals surface area contributed by atoms with Crippen molar-refractivity contribution < 1.29 is 14.0 Å². The minimum atomic E-state index is -0.303. The fraction of sp³-hybridized carbons (Fsp3) is 0.208. The molecule has 3 rings (SSSR count). The Morgan fingerprint density at radius 2 is 1.74 bits per heavy atom. The van der Waals surface area contributed by atoms with Gasteiger partial charge in [0.15, 0.2) is 0 Å². The minimum absolute atomic E-state index is 0.147. The van der Waals surface area contributed by atoms with Crippen molar-refractivity contribution in [2.45, 2.75) is 20.4 Å². The third-order valence-electron chi connectivity index (χ3n) is 5.05. The predicted octanol–water partition coefficient (Wildman–Crippen LogP) is 3.66. The molecule has 0 saturated carbocycles. The van der Waals surface area contributed by atoms with Crippen LogP contribution in [0.5, 0.6) is 0 Å². The molecule has 0 saturated heterocycles. The van der Waals surface area contributed by atoms with E-state index < -0.39 is 0 Å². The van der Waals surface area contributed by atoms with Crippen LogP contribution in [0.1, 0.15) is 32.9 Å². The topological polar surface area (TPSA) is 67.2 Å². The van der Waals surface area contributed by atoms with E-state index in [1.165, 1.54) is 18.2 Å². The van der Waals surface area contributed by atoms with Crippen LogP contribution in [-0.4, -0.2) is 40.6 Å². The summed E-state index contributed by atoms with van der Waals surface area (Å²) in [5, 5.41) is 7.10. The van der Waals surface area contributed by atoms with Gasteiger partial charge in [-0.2, -0.15) is 5.10 Å². The molecule has 0 aliphatic carbocycles. The molecule has 7 heteroatoms. The Balaban J connectivity index is 1.70. The van der Waals surface area contributed by atoms with Crippen molar-refractivity contribution in [3.63, 3.8) is 0 Å². The highest BCUT2D eigenvalue weighted by molar-refractivity contribution is 5.94. The lowest BCUT2D eigenvalue weighted by Crippen LogP contribution is -2.24. The van der Waals surface area contributed by atoms with Crippen molar-refractivity contribution in [1.29, 1.82) is 0 Å². The summed E-state index contributed by atoms with van der Waals surface area (Å²) >= 11 is 0. The maximum atomic E-state index is 13.2. The molecule has 0 atom stereocenters. The number of aryl methyl sites for hydroxylation is 1. The van der Waals surface area contributed by atoms with Crippen LogP contribution in [0.4, 0.5) is 4.39 Å². The maximum absolute atomic E-state index is 13.2. The fourth-order valence-electron chi connectivity index (χ4n) is 3.27. The fourth-order valence-corrected chi connectivity index (χ4v) is 3.27. The normalized spacial score (nSPS) is 11.0. The lowest BCUT2D eigenvalue weighted by Gasteiger charge is -2.15. The van der Waals surface area contributed by atoms with Crippen LogP contribution in [0.25, 0.3) is 11.8 Å². The van der Waals surface area contributed by atoms with Crippen LogP contribution in [0, 0.1) is 19.7 Å². The Morgan fingerprint density at radius 1 is 1.10 bits per heavy atom. The molecule has 0 aliphatic rings. The summed E-state index contributed by atoms with van der Waals surface area (Å²) in [6.45, 7) is 4.20. The number of carbonyl (C=O) groups excluding carboxylic acids is 2. The Morgan fingerprint density at radius 3 is 2.35 bits per heavy atom. The van der Waals surface area contributed by atoms with Crippen molar-refractivity contribution in [2.24, 2.45) is 0 Å². The second-order valence-electron chi connectivity index (χ2n) is 7.28. The first-order valence-corrected chi connectivity index (χ1v) is 9.86. The number of benzene rings is 2. The Kier molecular flexibility index (Phi) is 6.65. The van der Waals surface area contributed by atoms with Crippen molar-refractivity contribution in [3.8, 4) is 5.69 Å². The molecule has 2 amide bonds. The summed E-state index contributed by atoms with van der Waals surface area (Å²) in [7, 11) is 3.31. The molecule has 0 spiro atoms. The van der Waals surface area contributed by atoms with Gasteiger partial charge in [0.1, 0.15) is 5.82 Å². The number of carbonyl (C=O) groups is 2. The zero-order valence-corrected chi connectivity index (χ0v) is 18.0. The minimum Gasteiger partial charge on any atom is -0.355 e. The zero-order chi connectivity index (χ0) is 22.5. The first-order chi connectivity index (χ1) is 14.8. The van der Waals surface area contributed by atoms with Gasteiger partial charge in [0.05, 0.1) is 11.4 Å². The molecule has 1 heterocycles. The average molecular weight is 420 g/mol. The molecule has 1 aromatic heterocycles. The standard InChI is InChI=1S/C24H25FN4O2/c1-16-22(17(2)29(27-16)21-11-9-20(25)10-12-21)13-14-23(30)28(4)15-18-5-7-19(8-6-18)24(31)26-3/h5-14H,15H2,1-4H3,(H,26,31)/b14-13+. The second kappa shape index (κ2) is 9.38. The van der Waals surface area contributed by atoms with Gasteiger partial charge in [0.2, 0.25) is 5.91 Å². The van der Waals surface area contributed by atoms with Gasteiger partial charge < -0.3 is 10.2 Å². The van der Waals surface area contributed by atoms with Gasteiger partial charge in [-0.15, -0.1) is 0 Å². The highest BCUT2D eigenvalue weighted by Gasteiger charge is 2.12. The van der Waals surface area contributed by atoms with E-state index >= 15 is 0 Å². The van der Waals surface area contributed by atoms with E-state index in [4.69, 9.17) is 0 Å². The summed E-state index contributed by atoms with van der Waals surface area (Å²) < 4.78 is 14.9. The largest absolute Gasteiger partial charge is 0.355 e. The van der Waals surface area contributed by atoms with Gasteiger partial charge in [-0.25, -0.2) is 9.07 Å². The molecule has 0 radical (unpaired) electrons. The number of hydrogen-bond acceptors (Lipinski definition) is 3. The Labute approximate surface area is 181 Å². The monoisotopic (exact) mass is 420 g/mol. The number of amides is 2. The summed E-state index contributed by atoms with van der Waals surface area (Å²) in [6.07, 6.45) is 3.27. The lowest BCUT2D eigenvalue weighted by molar-refractivity contribution is -0.125.